The van der Waals surface area contributed by atoms with Gasteiger partial charge in [0.15, 0.2) is 0 Å². The van der Waals surface area contributed by atoms with Crippen LogP contribution in [0.15, 0.2) is 54.6 Å². The summed E-state index contributed by atoms with van der Waals surface area (Å²) < 4.78 is 0. The number of carbonyl (C=O) groups is 2. The Labute approximate surface area is 116 Å². The van der Waals surface area contributed by atoms with E-state index in [-0.39, 0.29) is 6.61 Å². The molecule has 4 heteroatoms. The van der Waals surface area contributed by atoms with Crippen molar-refractivity contribution >= 4 is 11.8 Å². The highest BCUT2D eigenvalue weighted by molar-refractivity contribution is 6.20. The van der Waals surface area contributed by atoms with Gasteiger partial charge in [-0.1, -0.05) is 42.5 Å². The number of benzene rings is 2. The van der Waals surface area contributed by atoms with Gasteiger partial charge >= 0.3 is 0 Å². The largest absolute Gasteiger partial charge is 0.285 e. The van der Waals surface area contributed by atoms with Gasteiger partial charge in [0.05, 0.1) is 17.7 Å². The van der Waals surface area contributed by atoms with E-state index in [2.05, 4.69) is 0 Å². The fourth-order valence-electron chi connectivity index (χ4n) is 2.18. The molecule has 2 aromatic carbocycles. The summed E-state index contributed by atoms with van der Waals surface area (Å²) in [6.45, 7) is 0.287. The van der Waals surface area contributed by atoms with E-state index in [9.17, 15) is 9.59 Å². The van der Waals surface area contributed by atoms with E-state index in [0.29, 0.717) is 17.5 Å². The van der Waals surface area contributed by atoms with Crippen LogP contribution in [0.1, 0.15) is 26.3 Å². The molecule has 0 radical (unpaired) electrons. The number of amides is 2. The number of hydrogen-bond donors (Lipinski definition) is 0. The average molecular weight is 267 g/mol. The first-order chi connectivity index (χ1) is 9.77. The monoisotopic (exact) mass is 267 g/mol. The molecule has 0 N–H and O–H groups in total. The second-order valence-electron chi connectivity index (χ2n) is 4.52. The summed E-state index contributed by atoms with van der Waals surface area (Å²) in [5.74, 6) is -0.780. The summed E-state index contributed by atoms with van der Waals surface area (Å²) in [6.07, 6.45) is 0.647. The highest BCUT2D eigenvalue weighted by atomic mass is 16.7. The lowest BCUT2D eigenvalue weighted by Crippen LogP contribution is -2.30. The molecule has 3 rings (SSSR count). The van der Waals surface area contributed by atoms with Gasteiger partial charge < -0.3 is 0 Å². The molecule has 0 unspecified atom stereocenters. The van der Waals surface area contributed by atoms with Gasteiger partial charge in [0, 0.05) is 0 Å². The second kappa shape index (κ2) is 5.27. The predicted molar refractivity (Wildman–Crippen MR) is 73.0 cm³/mol. The Morgan fingerprint density at radius 1 is 0.800 bits per heavy atom. The molecule has 2 aromatic rings. The molecule has 20 heavy (non-hydrogen) atoms. The maximum Gasteiger partial charge on any atom is 0.285 e. The van der Waals surface area contributed by atoms with E-state index < -0.39 is 11.8 Å². The summed E-state index contributed by atoms with van der Waals surface area (Å²) in [7, 11) is 0. The predicted octanol–water partition coefficient (Wildman–Crippen LogP) is 2.46. The van der Waals surface area contributed by atoms with Crippen LogP contribution in [-0.2, 0) is 11.3 Å². The molecule has 0 aliphatic carbocycles. The van der Waals surface area contributed by atoms with Crippen molar-refractivity contribution in [3.8, 4) is 0 Å². The lowest BCUT2D eigenvalue weighted by molar-refractivity contribution is -0.0902. The van der Waals surface area contributed by atoms with Gasteiger partial charge in [-0.3, -0.25) is 14.4 Å². The van der Waals surface area contributed by atoms with Crippen molar-refractivity contribution in [2.75, 3.05) is 6.61 Å². The zero-order chi connectivity index (χ0) is 13.9. The van der Waals surface area contributed by atoms with Gasteiger partial charge in [0.1, 0.15) is 0 Å². The van der Waals surface area contributed by atoms with Crippen LogP contribution < -0.4 is 0 Å². The quantitative estimate of drug-likeness (QED) is 0.799. The summed E-state index contributed by atoms with van der Waals surface area (Å²) in [4.78, 5) is 29.4. The first kappa shape index (κ1) is 12.6. The molecular formula is C16H13NO3. The fourth-order valence-corrected chi connectivity index (χ4v) is 2.18. The number of rotatable bonds is 4. The second-order valence-corrected chi connectivity index (χ2v) is 4.52. The molecule has 0 spiro atoms. The maximum atomic E-state index is 12.0. The molecule has 1 aliphatic rings. The normalized spacial score (nSPS) is 13.7. The van der Waals surface area contributed by atoms with Crippen LogP contribution in [0.25, 0.3) is 0 Å². The third-order valence-electron chi connectivity index (χ3n) is 3.21. The lowest BCUT2D eigenvalue weighted by atomic mass is 10.1. The molecule has 0 aromatic heterocycles. The fraction of sp³-hybridized carbons (Fsp3) is 0.125. The maximum absolute atomic E-state index is 12.0. The highest BCUT2D eigenvalue weighted by Crippen LogP contribution is 2.22. The van der Waals surface area contributed by atoms with Crippen molar-refractivity contribution in [2.24, 2.45) is 0 Å². The van der Waals surface area contributed by atoms with Crippen LogP contribution in [0.5, 0.6) is 0 Å². The minimum absolute atomic E-state index is 0.287. The van der Waals surface area contributed by atoms with Crippen molar-refractivity contribution < 1.29 is 14.4 Å². The highest BCUT2D eigenvalue weighted by Gasteiger charge is 2.36. The van der Waals surface area contributed by atoms with E-state index in [4.69, 9.17) is 4.84 Å². The number of nitrogens with zero attached hydrogens (tertiary/aromatic N) is 1. The van der Waals surface area contributed by atoms with Gasteiger partial charge in [0.2, 0.25) is 0 Å². The topological polar surface area (TPSA) is 46.6 Å². The summed E-state index contributed by atoms with van der Waals surface area (Å²) in [6, 6.07) is 16.5. The number of imide groups is 1. The Balaban J connectivity index is 1.65. The number of fused-ring (bicyclic) bond motifs is 1. The first-order valence-electron chi connectivity index (χ1n) is 6.42. The molecule has 1 heterocycles. The van der Waals surface area contributed by atoms with Crippen molar-refractivity contribution in [2.45, 2.75) is 6.42 Å². The van der Waals surface area contributed by atoms with Crippen LogP contribution in [0.2, 0.25) is 0 Å². The van der Waals surface area contributed by atoms with Gasteiger partial charge in [-0.2, -0.15) is 0 Å². The van der Waals surface area contributed by atoms with Crippen LogP contribution >= 0.6 is 0 Å². The minimum atomic E-state index is -0.390. The molecule has 0 fully saturated rings. The molecule has 0 saturated carbocycles. The Kier molecular flexibility index (Phi) is 3.31. The minimum Gasteiger partial charge on any atom is -0.266 e. The standard InChI is InChI=1S/C16H13NO3/c18-15-13-8-4-5-9-14(13)16(19)17(15)20-11-10-12-6-2-1-3-7-12/h1-9H,10-11H2. The summed E-state index contributed by atoms with van der Waals surface area (Å²) in [5, 5.41) is 0.855. The molecule has 0 bridgehead atoms. The zero-order valence-electron chi connectivity index (χ0n) is 10.8. The van der Waals surface area contributed by atoms with Crippen LogP contribution in [-0.4, -0.2) is 23.5 Å². The Hall–Kier alpha value is -2.46. The molecule has 0 atom stereocenters. The molecule has 1 aliphatic heterocycles. The van der Waals surface area contributed by atoms with Gasteiger partial charge in [0.25, 0.3) is 11.8 Å². The van der Waals surface area contributed by atoms with Gasteiger partial charge in [-0.15, -0.1) is 5.06 Å². The van der Waals surface area contributed by atoms with E-state index in [1.54, 1.807) is 24.3 Å². The molecule has 100 valence electrons. The third kappa shape index (κ3) is 2.21. The van der Waals surface area contributed by atoms with Gasteiger partial charge in [-0.05, 0) is 24.1 Å². The molecule has 4 nitrogen and oxygen atoms in total. The number of hydroxylamine groups is 2. The Morgan fingerprint density at radius 2 is 1.35 bits per heavy atom. The Morgan fingerprint density at radius 3 is 1.95 bits per heavy atom. The number of carbonyl (C=O) groups excluding carboxylic acids is 2. The van der Waals surface area contributed by atoms with Gasteiger partial charge in [-0.25, -0.2) is 0 Å². The number of hydrogen-bond acceptors (Lipinski definition) is 3. The van der Waals surface area contributed by atoms with Crippen LogP contribution in [0, 0.1) is 0 Å². The smallest absolute Gasteiger partial charge is 0.266 e. The summed E-state index contributed by atoms with van der Waals surface area (Å²) in [5.41, 5.74) is 1.90. The molecule has 2 amide bonds. The third-order valence-corrected chi connectivity index (χ3v) is 3.21. The van der Waals surface area contributed by atoms with Crippen molar-refractivity contribution in [3.05, 3.63) is 71.3 Å². The van der Waals surface area contributed by atoms with E-state index in [1.165, 1.54) is 0 Å². The lowest BCUT2D eigenvalue weighted by Gasteiger charge is -2.13. The van der Waals surface area contributed by atoms with Crippen molar-refractivity contribution in [1.29, 1.82) is 0 Å². The Bertz CT molecular complexity index is 617. The van der Waals surface area contributed by atoms with Crippen molar-refractivity contribution in [3.63, 3.8) is 0 Å². The molecular weight excluding hydrogens is 254 g/mol. The van der Waals surface area contributed by atoms with Crippen LogP contribution in [0.3, 0.4) is 0 Å². The van der Waals surface area contributed by atoms with Crippen LogP contribution in [0.4, 0.5) is 0 Å². The zero-order valence-corrected chi connectivity index (χ0v) is 10.8. The average Bonchev–Trinajstić information content (AvgIpc) is 2.74. The van der Waals surface area contributed by atoms with E-state index >= 15 is 0 Å². The first-order valence-corrected chi connectivity index (χ1v) is 6.42. The SMILES string of the molecule is O=C1c2ccccc2C(=O)N1OCCc1ccccc1. The summed E-state index contributed by atoms with van der Waals surface area (Å²) >= 11 is 0. The van der Waals surface area contributed by atoms with E-state index in [0.717, 1.165) is 10.6 Å². The van der Waals surface area contributed by atoms with E-state index in [1.807, 2.05) is 30.3 Å². The molecule has 0 saturated heterocycles. The van der Waals surface area contributed by atoms with Crippen molar-refractivity contribution in [1.82, 2.24) is 5.06 Å².